The molecule has 0 fully saturated rings. The summed E-state index contributed by atoms with van der Waals surface area (Å²) in [7, 11) is 0. The van der Waals surface area contributed by atoms with Crippen molar-refractivity contribution >= 4 is 57.2 Å². The number of benzene rings is 3. The van der Waals surface area contributed by atoms with Crippen molar-refractivity contribution in [2.45, 2.75) is 6.92 Å². The van der Waals surface area contributed by atoms with Gasteiger partial charge in [-0.25, -0.2) is 10.2 Å². The molecular weight excluding hydrogens is 498 g/mol. The van der Waals surface area contributed by atoms with E-state index in [0.717, 1.165) is 5.56 Å². The van der Waals surface area contributed by atoms with E-state index in [1.165, 1.54) is 6.21 Å². The molecule has 0 atom stereocenters. The first-order chi connectivity index (χ1) is 15.3. The fraction of sp³-hybridized carbons (Fsp3) is 0.0435. The van der Waals surface area contributed by atoms with Crippen molar-refractivity contribution in [1.82, 2.24) is 5.43 Å². The minimum absolute atomic E-state index is 0.218. The van der Waals surface area contributed by atoms with Crippen LogP contribution in [0, 0.1) is 6.92 Å². The molecule has 7 nitrogen and oxygen atoms in total. The highest BCUT2D eigenvalue weighted by molar-refractivity contribution is 9.10. The van der Waals surface area contributed by atoms with Crippen molar-refractivity contribution < 1.29 is 19.1 Å². The summed E-state index contributed by atoms with van der Waals surface area (Å²) < 4.78 is 6.14. The normalized spacial score (nSPS) is 10.6. The second-order valence-electron chi connectivity index (χ2n) is 6.60. The molecule has 3 rings (SSSR count). The molecule has 0 aliphatic carbocycles. The maximum absolute atomic E-state index is 12.4. The Morgan fingerprint density at radius 1 is 0.969 bits per heavy atom. The smallest absolute Gasteiger partial charge is 0.343 e. The van der Waals surface area contributed by atoms with Gasteiger partial charge in [0, 0.05) is 20.7 Å². The lowest BCUT2D eigenvalue weighted by Gasteiger charge is -2.08. The van der Waals surface area contributed by atoms with Gasteiger partial charge in [0.15, 0.2) is 0 Å². The zero-order valence-corrected chi connectivity index (χ0v) is 19.1. The fourth-order valence-corrected chi connectivity index (χ4v) is 3.00. The third-order valence-electron chi connectivity index (χ3n) is 4.14. The Bertz CT molecular complexity index is 1180. The number of nitrogens with zero attached hydrogens (tertiary/aromatic N) is 1. The van der Waals surface area contributed by atoms with E-state index >= 15 is 0 Å². The van der Waals surface area contributed by atoms with E-state index in [1.54, 1.807) is 54.6 Å². The van der Waals surface area contributed by atoms with Gasteiger partial charge in [0.1, 0.15) is 5.75 Å². The first kappa shape index (κ1) is 23.2. The number of ether oxygens (including phenoxy) is 1. The number of anilines is 1. The second-order valence-corrected chi connectivity index (χ2v) is 7.95. The fourth-order valence-electron chi connectivity index (χ4n) is 2.49. The van der Waals surface area contributed by atoms with Gasteiger partial charge in [-0.15, -0.1) is 0 Å². The lowest BCUT2D eigenvalue weighted by atomic mass is 10.2. The minimum atomic E-state index is -0.948. The predicted octanol–water partition coefficient (Wildman–Crippen LogP) is 4.72. The molecule has 9 heteroatoms. The van der Waals surface area contributed by atoms with Crippen LogP contribution >= 0.6 is 27.5 Å². The number of carbonyl (C=O) groups excluding carboxylic acids is 3. The van der Waals surface area contributed by atoms with Crippen LogP contribution < -0.4 is 15.5 Å². The Hall–Kier alpha value is -3.49. The predicted molar refractivity (Wildman–Crippen MR) is 126 cm³/mol. The van der Waals surface area contributed by atoms with Crippen molar-refractivity contribution in [3.05, 3.63) is 92.9 Å². The van der Waals surface area contributed by atoms with Crippen LogP contribution in [0.4, 0.5) is 5.69 Å². The summed E-state index contributed by atoms with van der Waals surface area (Å²) in [6.45, 7) is 1.91. The van der Waals surface area contributed by atoms with Crippen LogP contribution in [0.15, 0.2) is 76.3 Å². The number of halogens is 2. The van der Waals surface area contributed by atoms with Crippen LogP contribution in [0.3, 0.4) is 0 Å². The van der Waals surface area contributed by atoms with Gasteiger partial charge < -0.3 is 10.1 Å². The number of aryl methyl sites for hydroxylation is 1. The average molecular weight is 515 g/mol. The molecule has 3 aromatic carbocycles. The standard InChI is InChI=1S/C23H17BrClN3O4/c1-14-2-9-19(10-3-14)27-21(29)22(30)28-26-13-16-12-17(24)6-11-20(16)32-23(31)15-4-7-18(25)8-5-15/h2-13H,1H3,(H,27,29)(H,28,30)/b26-13-. The highest BCUT2D eigenvalue weighted by atomic mass is 79.9. The molecule has 0 bridgehead atoms. The number of carbonyl (C=O) groups is 3. The van der Waals surface area contributed by atoms with Crippen molar-refractivity contribution in [3.63, 3.8) is 0 Å². The van der Waals surface area contributed by atoms with Crippen molar-refractivity contribution in [3.8, 4) is 5.75 Å². The van der Waals surface area contributed by atoms with Crippen molar-refractivity contribution in [1.29, 1.82) is 0 Å². The van der Waals surface area contributed by atoms with Gasteiger partial charge in [-0.05, 0) is 61.5 Å². The number of hydrazone groups is 1. The maximum Gasteiger partial charge on any atom is 0.343 e. The van der Waals surface area contributed by atoms with Crippen molar-refractivity contribution in [2.75, 3.05) is 5.32 Å². The number of nitrogens with one attached hydrogen (secondary N) is 2. The molecule has 0 saturated carbocycles. The summed E-state index contributed by atoms with van der Waals surface area (Å²) in [6, 6.07) is 18.2. The molecule has 2 N–H and O–H groups in total. The Balaban J connectivity index is 1.65. The van der Waals surface area contributed by atoms with Crippen LogP contribution in [0.5, 0.6) is 5.75 Å². The van der Waals surface area contributed by atoms with E-state index in [0.29, 0.717) is 26.3 Å². The van der Waals surface area contributed by atoms with Gasteiger partial charge in [0.2, 0.25) is 0 Å². The number of rotatable bonds is 5. The van der Waals surface area contributed by atoms with Crippen LogP contribution in [-0.2, 0) is 9.59 Å². The molecule has 0 aliphatic rings. The summed E-state index contributed by atoms with van der Waals surface area (Å²) in [5, 5.41) is 6.77. The molecular formula is C23H17BrClN3O4. The highest BCUT2D eigenvalue weighted by Gasteiger charge is 2.14. The van der Waals surface area contributed by atoms with E-state index in [1.807, 2.05) is 19.1 Å². The van der Waals surface area contributed by atoms with E-state index in [4.69, 9.17) is 16.3 Å². The molecule has 0 unspecified atom stereocenters. The molecule has 0 spiro atoms. The summed E-state index contributed by atoms with van der Waals surface area (Å²) in [5.74, 6) is -2.18. The van der Waals surface area contributed by atoms with E-state index in [-0.39, 0.29) is 5.75 Å². The largest absolute Gasteiger partial charge is 0.422 e. The summed E-state index contributed by atoms with van der Waals surface area (Å²) >= 11 is 9.17. The third-order valence-corrected chi connectivity index (χ3v) is 4.89. The van der Waals surface area contributed by atoms with Gasteiger partial charge in [-0.2, -0.15) is 5.10 Å². The number of hydrogen-bond acceptors (Lipinski definition) is 5. The molecule has 162 valence electrons. The topological polar surface area (TPSA) is 96.9 Å². The summed E-state index contributed by atoms with van der Waals surface area (Å²) in [4.78, 5) is 36.4. The van der Waals surface area contributed by atoms with E-state index in [2.05, 4.69) is 31.8 Å². The maximum atomic E-state index is 12.4. The summed E-state index contributed by atoms with van der Waals surface area (Å²) in [6.07, 6.45) is 1.27. The average Bonchev–Trinajstić information content (AvgIpc) is 2.77. The molecule has 2 amide bonds. The minimum Gasteiger partial charge on any atom is -0.422 e. The summed E-state index contributed by atoms with van der Waals surface area (Å²) in [5.41, 5.74) is 4.39. The molecule has 0 aromatic heterocycles. The third kappa shape index (κ3) is 6.50. The molecule has 32 heavy (non-hydrogen) atoms. The molecule has 0 aliphatic heterocycles. The van der Waals surface area contributed by atoms with E-state index in [9.17, 15) is 14.4 Å². The Morgan fingerprint density at radius 3 is 2.34 bits per heavy atom. The van der Waals surface area contributed by atoms with Gasteiger partial charge >= 0.3 is 17.8 Å². The Morgan fingerprint density at radius 2 is 1.66 bits per heavy atom. The quantitative estimate of drug-likeness (QED) is 0.169. The van der Waals surface area contributed by atoms with Gasteiger partial charge in [-0.1, -0.05) is 45.2 Å². The zero-order valence-electron chi connectivity index (χ0n) is 16.8. The first-order valence-corrected chi connectivity index (χ1v) is 10.5. The lowest BCUT2D eigenvalue weighted by Crippen LogP contribution is -2.32. The van der Waals surface area contributed by atoms with Gasteiger partial charge in [0.25, 0.3) is 0 Å². The number of esters is 1. The Labute approximate surface area is 197 Å². The van der Waals surface area contributed by atoms with Crippen LogP contribution in [0.25, 0.3) is 0 Å². The van der Waals surface area contributed by atoms with E-state index < -0.39 is 17.8 Å². The number of amides is 2. The lowest BCUT2D eigenvalue weighted by molar-refractivity contribution is -0.136. The molecule has 0 heterocycles. The second kappa shape index (κ2) is 10.7. The molecule has 0 saturated heterocycles. The van der Waals surface area contributed by atoms with Crippen LogP contribution in [0.2, 0.25) is 5.02 Å². The molecule has 3 aromatic rings. The monoisotopic (exact) mass is 513 g/mol. The SMILES string of the molecule is Cc1ccc(NC(=O)C(=O)N/N=C\c2cc(Br)ccc2OC(=O)c2ccc(Cl)cc2)cc1. The van der Waals surface area contributed by atoms with Crippen molar-refractivity contribution in [2.24, 2.45) is 5.10 Å². The van der Waals surface area contributed by atoms with Gasteiger partial charge in [-0.3, -0.25) is 9.59 Å². The number of hydrogen-bond donors (Lipinski definition) is 2. The molecule has 0 radical (unpaired) electrons. The highest BCUT2D eigenvalue weighted by Crippen LogP contribution is 2.23. The Kier molecular flexibility index (Phi) is 7.75. The zero-order chi connectivity index (χ0) is 23.1. The van der Waals surface area contributed by atoms with Crippen LogP contribution in [-0.4, -0.2) is 24.0 Å². The first-order valence-electron chi connectivity index (χ1n) is 9.30. The van der Waals surface area contributed by atoms with Gasteiger partial charge in [0.05, 0.1) is 11.8 Å². The van der Waals surface area contributed by atoms with Crippen LogP contribution in [0.1, 0.15) is 21.5 Å².